The van der Waals surface area contributed by atoms with Crippen LogP contribution in [0.25, 0.3) is 0 Å². The third kappa shape index (κ3) is 4.60. The topological polar surface area (TPSA) is 47.6 Å². The summed E-state index contributed by atoms with van der Waals surface area (Å²) in [6.07, 6.45) is 0.425. The van der Waals surface area contributed by atoms with Crippen LogP contribution < -0.4 is 10.1 Å². The molecular weight excluding hydrogens is 405 g/mol. The van der Waals surface area contributed by atoms with Crippen LogP contribution in [0, 0.1) is 10.5 Å². The van der Waals surface area contributed by atoms with Crippen molar-refractivity contribution >= 4 is 34.4 Å². The van der Waals surface area contributed by atoms with Crippen LogP contribution in [0.15, 0.2) is 36.4 Å². The zero-order valence-corrected chi connectivity index (χ0v) is 15.6. The third-order valence-corrected chi connectivity index (χ3v) is 4.52. The smallest absolute Gasteiger partial charge is 0.411 e. The fourth-order valence-corrected chi connectivity index (χ4v) is 2.91. The van der Waals surface area contributed by atoms with Gasteiger partial charge in [-0.1, -0.05) is 30.7 Å². The van der Waals surface area contributed by atoms with Crippen molar-refractivity contribution in [2.45, 2.75) is 26.9 Å². The molecule has 0 spiro atoms. The van der Waals surface area contributed by atoms with E-state index in [4.69, 9.17) is 4.74 Å². The molecule has 1 amide bonds. The van der Waals surface area contributed by atoms with Gasteiger partial charge in [-0.3, -0.25) is 5.32 Å². The first-order chi connectivity index (χ1) is 11.0. The van der Waals surface area contributed by atoms with Gasteiger partial charge in [-0.25, -0.2) is 4.79 Å². The number of methoxy groups -OCH3 is 1. The number of carbonyl (C=O) groups is 1. The molecule has 4 nitrogen and oxygen atoms in total. The molecule has 0 atom stereocenters. The summed E-state index contributed by atoms with van der Waals surface area (Å²) in [5, 5.41) is 2.73. The van der Waals surface area contributed by atoms with Crippen LogP contribution in [-0.2, 0) is 17.8 Å². The molecule has 0 aliphatic rings. The van der Waals surface area contributed by atoms with Crippen molar-refractivity contribution in [1.82, 2.24) is 0 Å². The lowest BCUT2D eigenvalue weighted by atomic mass is 10.1. The highest BCUT2D eigenvalue weighted by Crippen LogP contribution is 2.26. The number of hydrogen-bond donors (Lipinski definition) is 1. The average Bonchev–Trinajstić information content (AvgIpc) is 2.55. The molecule has 0 saturated carbocycles. The number of rotatable bonds is 5. The molecule has 2 rings (SSSR count). The Balaban J connectivity index is 2.22. The summed E-state index contributed by atoms with van der Waals surface area (Å²) in [6, 6.07) is 11.9. The summed E-state index contributed by atoms with van der Waals surface area (Å²) in [4.78, 5) is 11.5. The summed E-state index contributed by atoms with van der Waals surface area (Å²) < 4.78 is 11.7. The van der Waals surface area contributed by atoms with Gasteiger partial charge in [0.2, 0.25) is 0 Å². The summed E-state index contributed by atoms with van der Waals surface area (Å²) in [5.74, 6) is 0.877. The van der Waals surface area contributed by atoms with Gasteiger partial charge in [0, 0.05) is 9.13 Å². The molecule has 0 saturated heterocycles. The fraction of sp³-hybridized carbons (Fsp3) is 0.278. The zero-order chi connectivity index (χ0) is 16.8. The van der Waals surface area contributed by atoms with Gasteiger partial charge in [0.05, 0.1) is 12.8 Å². The molecule has 0 heterocycles. The molecular formula is C18H20INO3. The second-order valence-electron chi connectivity index (χ2n) is 5.14. The summed E-state index contributed by atoms with van der Waals surface area (Å²) >= 11 is 2.24. The molecule has 0 aliphatic carbocycles. The van der Waals surface area contributed by atoms with Crippen molar-refractivity contribution in [2.24, 2.45) is 0 Å². The quantitative estimate of drug-likeness (QED) is 0.692. The van der Waals surface area contributed by atoms with Gasteiger partial charge < -0.3 is 9.47 Å². The van der Waals surface area contributed by atoms with E-state index in [-0.39, 0.29) is 0 Å². The number of anilines is 1. The Hall–Kier alpha value is -1.76. The fourth-order valence-electron chi connectivity index (χ4n) is 2.26. The number of hydrogen-bond acceptors (Lipinski definition) is 3. The van der Waals surface area contributed by atoms with E-state index in [1.54, 1.807) is 0 Å². The maximum Gasteiger partial charge on any atom is 0.411 e. The normalized spacial score (nSPS) is 10.3. The van der Waals surface area contributed by atoms with E-state index in [1.807, 2.05) is 30.3 Å². The van der Waals surface area contributed by atoms with Gasteiger partial charge in [-0.05, 0) is 59.7 Å². The van der Waals surface area contributed by atoms with E-state index in [0.717, 1.165) is 21.3 Å². The maximum atomic E-state index is 11.5. The highest BCUT2D eigenvalue weighted by Gasteiger charge is 2.11. The summed E-state index contributed by atoms with van der Waals surface area (Å²) in [5.41, 5.74) is 4.03. The number of ether oxygens (including phenoxy) is 2. The van der Waals surface area contributed by atoms with Crippen LogP contribution >= 0.6 is 22.6 Å². The van der Waals surface area contributed by atoms with Crippen LogP contribution in [0.3, 0.4) is 0 Å². The highest BCUT2D eigenvalue weighted by molar-refractivity contribution is 14.1. The first-order valence-electron chi connectivity index (χ1n) is 7.39. The number of nitrogens with one attached hydrogen (secondary N) is 1. The molecule has 2 aromatic rings. The Labute approximate surface area is 150 Å². The Morgan fingerprint density at radius 2 is 2.04 bits per heavy atom. The molecule has 0 fully saturated rings. The molecule has 0 bridgehead atoms. The van der Waals surface area contributed by atoms with Crippen LogP contribution in [0.4, 0.5) is 10.5 Å². The maximum absolute atomic E-state index is 11.5. The van der Waals surface area contributed by atoms with Gasteiger partial charge in [0.25, 0.3) is 0 Å². The average molecular weight is 425 g/mol. The molecule has 23 heavy (non-hydrogen) atoms. The molecule has 0 aromatic heterocycles. The van der Waals surface area contributed by atoms with Gasteiger partial charge in [0.15, 0.2) is 0 Å². The van der Waals surface area contributed by atoms with E-state index >= 15 is 0 Å². The van der Waals surface area contributed by atoms with Crippen LogP contribution in [-0.4, -0.2) is 13.2 Å². The molecule has 0 aliphatic heterocycles. The van der Waals surface area contributed by atoms with E-state index < -0.39 is 6.09 Å². The zero-order valence-electron chi connectivity index (χ0n) is 13.5. The standard InChI is InChI=1S/C18H20INO3/c1-4-13-10-12(2)8-9-17(13)23-11-14-15(19)6-5-7-16(14)20-18(21)22-3/h5-10H,4,11H2,1-3H3,(H,20,21). The lowest BCUT2D eigenvalue weighted by Crippen LogP contribution is -2.14. The first kappa shape index (κ1) is 17.6. The van der Waals surface area contributed by atoms with Crippen molar-refractivity contribution < 1.29 is 14.3 Å². The molecule has 0 radical (unpaired) electrons. The Morgan fingerprint density at radius 3 is 2.74 bits per heavy atom. The minimum atomic E-state index is -0.488. The lowest BCUT2D eigenvalue weighted by molar-refractivity contribution is 0.187. The van der Waals surface area contributed by atoms with Crippen molar-refractivity contribution in [3.05, 3.63) is 56.7 Å². The van der Waals surface area contributed by atoms with Crippen LogP contribution in [0.5, 0.6) is 5.75 Å². The van der Waals surface area contributed by atoms with E-state index in [2.05, 4.69) is 52.6 Å². The predicted molar refractivity (Wildman–Crippen MR) is 100 cm³/mol. The number of halogens is 1. The highest BCUT2D eigenvalue weighted by atomic mass is 127. The molecule has 1 N–H and O–H groups in total. The molecule has 122 valence electrons. The first-order valence-corrected chi connectivity index (χ1v) is 8.47. The summed E-state index contributed by atoms with van der Waals surface area (Å²) in [7, 11) is 1.35. The van der Waals surface area contributed by atoms with Crippen molar-refractivity contribution in [1.29, 1.82) is 0 Å². The predicted octanol–water partition coefficient (Wildman–Crippen LogP) is 4.92. The Kier molecular flexibility index (Phi) is 6.27. The Bertz CT molecular complexity index is 701. The van der Waals surface area contributed by atoms with Crippen molar-refractivity contribution in [3.63, 3.8) is 0 Å². The largest absolute Gasteiger partial charge is 0.489 e. The van der Waals surface area contributed by atoms with Crippen molar-refractivity contribution in [3.8, 4) is 5.75 Å². The second kappa shape index (κ2) is 8.19. The summed E-state index contributed by atoms with van der Waals surface area (Å²) in [6.45, 7) is 4.56. The minimum absolute atomic E-state index is 0.383. The van der Waals surface area contributed by atoms with E-state index in [1.165, 1.54) is 18.2 Å². The lowest BCUT2D eigenvalue weighted by Gasteiger charge is -2.15. The van der Waals surface area contributed by atoms with Crippen molar-refractivity contribution in [2.75, 3.05) is 12.4 Å². The monoisotopic (exact) mass is 425 g/mol. The second-order valence-corrected chi connectivity index (χ2v) is 6.30. The van der Waals surface area contributed by atoms with Crippen LogP contribution in [0.2, 0.25) is 0 Å². The number of carbonyl (C=O) groups excluding carboxylic acids is 1. The van der Waals surface area contributed by atoms with E-state index in [9.17, 15) is 4.79 Å². The van der Waals surface area contributed by atoms with Gasteiger partial charge in [-0.15, -0.1) is 0 Å². The van der Waals surface area contributed by atoms with Gasteiger partial charge in [0.1, 0.15) is 12.4 Å². The molecule has 2 aromatic carbocycles. The Morgan fingerprint density at radius 1 is 1.26 bits per heavy atom. The molecule has 0 unspecified atom stereocenters. The van der Waals surface area contributed by atoms with Gasteiger partial charge >= 0.3 is 6.09 Å². The van der Waals surface area contributed by atoms with Gasteiger partial charge in [-0.2, -0.15) is 0 Å². The number of aryl methyl sites for hydroxylation is 2. The van der Waals surface area contributed by atoms with Crippen LogP contribution in [0.1, 0.15) is 23.6 Å². The number of amides is 1. The SMILES string of the molecule is CCc1cc(C)ccc1OCc1c(I)cccc1NC(=O)OC. The molecule has 5 heteroatoms. The third-order valence-electron chi connectivity index (χ3n) is 3.51. The van der Waals surface area contributed by atoms with E-state index in [0.29, 0.717) is 12.3 Å². The number of benzene rings is 2. The minimum Gasteiger partial charge on any atom is -0.489 e.